The molecule has 1 unspecified atom stereocenters. The summed E-state index contributed by atoms with van der Waals surface area (Å²) in [4.78, 5) is 13.7. The topological polar surface area (TPSA) is 70.1 Å². The van der Waals surface area contributed by atoms with Crippen molar-refractivity contribution >= 4 is 5.91 Å². The van der Waals surface area contributed by atoms with Crippen LogP contribution in [0.5, 0.6) is 0 Å². The molecule has 0 aliphatic carbocycles. The summed E-state index contributed by atoms with van der Waals surface area (Å²) in [6.45, 7) is 5.97. The highest BCUT2D eigenvalue weighted by Crippen LogP contribution is 2.13. The highest BCUT2D eigenvalue weighted by Gasteiger charge is 2.21. The first kappa shape index (κ1) is 14.2. The number of benzene rings is 1. The monoisotopic (exact) mass is 245 g/mol. The van der Waals surface area contributed by atoms with Crippen molar-refractivity contribution in [1.29, 1.82) is 5.26 Å². The van der Waals surface area contributed by atoms with Crippen LogP contribution >= 0.6 is 0 Å². The number of nitrogens with zero attached hydrogens (tertiary/aromatic N) is 2. The summed E-state index contributed by atoms with van der Waals surface area (Å²) in [5, 5.41) is 9.04. The van der Waals surface area contributed by atoms with Crippen LogP contribution < -0.4 is 5.73 Å². The minimum atomic E-state index is -0.526. The third-order valence-electron chi connectivity index (χ3n) is 2.77. The molecule has 0 radical (unpaired) electrons. The van der Waals surface area contributed by atoms with Crippen molar-refractivity contribution in [3.8, 4) is 6.07 Å². The van der Waals surface area contributed by atoms with E-state index in [1.807, 2.05) is 32.0 Å². The van der Waals surface area contributed by atoms with Gasteiger partial charge in [0.05, 0.1) is 17.7 Å². The molecule has 1 aromatic carbocycles. The number of nitrogens with two attached hydrogens (primary N) is 1. The van der Waals surface area contributed by atoms with Crippen LogP contribution in [0, 0.1) is 11.3 Å². The van der Waals surface area contributed by atoms with Gasteiger partial charge in [0.15, 0.2) is 0 Å². The second kappa shape index (κ2) is 6.18. The van der Waals surface area contributed by atoms with E-state index in [0.29, 0.717) is 12.1 Å². The molecule has 0 saturated heterocycles. The molecule has 0 saturated carbocycles. The molecule has 0 bridgehead atoms. The van der Waals surface area contributed by atoms with Gasteiger partial charge in [-0.2, -0.15) is 5.26 Å². The van der Waals surface area contributed by atoms with Crippen molar-refractivity contribution in [2.45, 2.75) is 39.4 Å². The molecule has 1 atom stereocenters. The summed E-state index contributed by atoms with van der Waals surface area (Å²) in [6.07, 6.45) is 0. The van der Waals surface area contributed by atoms with Crippen molar-refractivity contribution in [2.24, 2.45) is 5.73 Å². The Labute approximate surface area is 108 Å². The molecule has 1 amide bonds. The molecule has 0 aliphatic heterocycles. The molecule has 1 aromatic rings. The first-order valence-corrected chi connectivity index (χ1v) is 6.01. The Morgan fingerprint density at radius 3 is 2.50 bits per heavy atom. The van der Waals surface area contributed by atoms with Gasteiger partial charge in [0.25, 0.3) is 0 Å². The van der Waals surface area contributed by atoms with Gasteiger partial charge < -0.3 is 10.6 Å². The molecule has 2 N–H and O–H groups in total. The van der Waals surface area contributed by atoms with Gasteiger partial charge in [0.1, 0.15) is 0 Å². The maximum Gasteiger partial charge on any atom is 0.239 e. The Bertz CT molecular complexity index is 460. The molecular weight excluding hydrogens is 226 g/mol. The smallest absolute Gasteiger partial charge is 0.239 e. The minimum absolute atomic E-state index is 0.0512. The van der Waals surface area contributed by atoms with Gasteiger partial charge in [-0.15, -0.1) is 0 Å². The summed E-state index contributed by atoms with van der Waals surface area (Å²) in [5.74, 6) is -0.0993. The second-order valence-corrected chi connectivity index (χ2v) is 4.62. The standard InChI is InChI=1S/C14H19N3O/c1-10(2)17(14(18)11(3)16)9-13-7-5-4-6-12(13)8-15/h4-7,10-11H,9,16H2,1-3H3. The predicted molar refractivity (Wildman–Crippen MR) is 70.5 cm³/mol. The Balaban J connectivity index is 2.98. The molecule has 1 rings (SSSR count). The van der Waals surface area contributed by atoms with Gasteiger partial charge in [-0.05, 0) is 32.4 Å². The van der Waals surface area contributed by atoms with Crippen molar-refractivity contribution < 1.29 is 4.79 Å². The molecular formula is C14H19N3O. The average Bonchev–Trinajstić information content (AvgIpc) is 2.35. The van der Waals surface area contributed by atoms with E-state index in [9.17, 15) is 4.79 Å². The van der Waals surface area contributed by atoms with Crippen LogP contribution in [0.1, 0.15) is 31.9 Å². The molecule has 0 fully saturated rings. The fraction of sp³-hybridized carbons (Fsp3) is 0.429. The number of amides is 1. The number of carbonyl (C=O) groups is 1. The molecule has 0 aliphatic rings. The Hall–Kier alpha value is -1.86. The third-order valence-corrected chi connectivity index (χ3v) is 2.77. The van der Waals surface area contributed by atoms with E-state index in [1.54, 1.807) is 17.9 Å². The number of hydrogen-bond acceptors (Lipinski definition) is 3. The van der Waals surface area contributed by atoms with E-state index in [1.165, 1.54) is 0 Å². The zero-order chi connectivity index (χ0) is 13.7. The summed E-state index contributed by atoms with van der Waals surface area (Å²) in [7, 11) is 0. The zero-order valence-corrected chi connectivity index (χ0v) is 11.1. The van der Waals surface area contributed by atoms with Crippen LogP contribution in [0.25, 0.3) is 0 Å². The first-order chi connectivity index (χ1) is 8.47. The van der Waals surface area contributed by atoms with Gasteiger partial charge in [-0.25, -0.2) is 0 Å². The van der Waals surface area contributed by atoms with Crippen molar-refractivity contribution in [3.05, 3.63) is 35.4 Å². The van der Waals surface area contributed by atoms with Gasteiger partial charge in [-0.1, -0.05) is 18.2 Å². The maximum atomic E-state index is 12.0. The van der Waals surface area contributed by atoms with Crippen LogP contribution in [0.4, 0.5) is 0 Å². The summed E-state index contributed by atoms with van der Waals surface area (Å²) >= 11 is 0. The molecule has 4 nitrogen and oxygen atoms in total. The Morgan fingerprint density at radius 1 is 1.39 bits per heavy atom. The number of rotatable bonds is 4. The highest BCUT2D eigenvalue weighted by atomic mass is 16.2. The van der Waals surface area contributed by atoms with Crippen LogP contribution in [-0.2, 0) is 11.3 Å². The molecule has 18 heavy (non-hydrogen) atoms. The van der Waals surface area contributed by atoms with Gasteiger partial charge in [-0.3, -0.25) is 4.79 Å². The van der Waals surface area contributed by atoms with Crippen molar-refractivity contribution in [2.75, 3.05) is 0 Å². The van der Waals surface area contributed by atoms with E-state index >= 15 is 0 Å². The van der Waals surface area contributed by atoms with Crippen molar-refractivity contribution in [3.63, 3.8) is 0 Å². The predicted octanol–water partition coefficient (Wildman–Crippen LogP) is 1.64. The lowest BCUT2D eigenvalue weighted by Gasteiger charge is -2.28. The normalized spacial score (nSPS) is 12.0. The lowest BCUT2D eigenvalue weighted by molar-refractivity contribution is -0.134. The molecule has 4 heteroatoms. The zero-order valence-electron chi connectivity index (χ0n) is 11.1. The minimum Gasteiger partial charge on any atom is -0.335 e. The first-order valence-electron chi connectivity index (χ1n) is 6.01. The summed E-state index contributed by atoms with van der Waals surface area (Å²) < 4.78 is 0. The number of carbonyl (C=O) groups excluding carboxylic acids is 1. The average molecular weight is 245 g/mol. The Kier molecular flexibility index (Phi) is 4.87. The van der Waals surface area contributed by atoms with Crippen LogP contribution in [-0.4, -0.2) is 22.9 Å². The third kappa shape index (κ3) is 3.31. The molecule has 0 aromatic heterocycles. The fourth-order valence-corrected chi connectivity index (χ4v) is 1.73. The van der Waals surface area contributed by atoms with E-state index < -0.39 is 6.04 Å². The van der Waals surface area contributed by atoms with Gasteiger partial charge >= 0.3 is 0 Å². The SMILES string of the molecule is CC(N)C(=O)N(Cc1ccccc1C#N)C(C)C. The van der Waals surface area contributed by atoms with Crippen LogP contribution in [0.3, 0.4) is 0 Å². The summed E-state index contributed by atoms with van der Waals surface area (Å²) in [6, 6.07) is 8.96. The van der Waals surface area contributed by atoms with E-state index in [0.717, 1.165) is 5.56 Å². The van der Waals surface area contributed by atoms with Gasteiger partial charge in [0, 0.05) is 12.6 Å². The van der Waals surface area contributed by atoms with Crippen molar-refractivity contribution in [1.82, 2.24) is 4.90 Å². The van der Waals surface area contributed by atoms with E-state index in [-0.39, 0.29) is 11.9 Å². The van der Waals surface area contributed by atoms with Crippen LogP contribution in [0.2, 0.25) is 0 Å². The maximum absolute atomic E-state index is 12.0. The lowest BCUT2D eigenvalue weighted by Crippen LogP contribution is -2.45. The number of nitriles is 1. The molecule has 0 heterocycles. The molecule has 0 spiro atoms. The van der Waals surface area contributed by atoms with E-state index in [4.69, 9.17) is 11.0 Å². The summed E-state index contributed by atoms with van der Waals surface area (Å²) in [5.41, 5.74) is 7.09. The molecule has 96 valence electrons. The Morgan fingerprint density at radius 2 is 2.00 bits per heavy atom. The van der Waals surface area contributed by atoms with E-state index in [2.05, 4.69) is 6.07 Å². The fourth-order valence-electron chi connectivity index (χ4n) is 1.73. The largest absolute Gasteiger partial charge is 0.335 e. The second-order valence-electron chi connectivity index (χ2n) is 4.62. The lowest BCUT2D eigenvalue weighted by atomic mass is 10.1. The quantitative estimate of drug-likeness (QED) is 0.876. The van der Waals surface area contributed by atoms with Gasteiger partial charge in [0.2, 0.25) is 5.91 Å². The highest BCUT2D eigenvalue weighted by molar-refractivity contribution is 5.81. The number of hydrogen-bond donors (Lipinski definition) is 1. The van der Waals surface area contributed by atoms with Crippen LogP contribution in [0.15, 0.2) is 24.3 Å².